The SMILES string of the molecule is Cc1ccc(-n2c(SCC(=O)Nc3ccc4ccccc4c3)nnc2-c2ccccc2)cc1. The standard InChI is InChI=1S/C27H22N4OS/c1-19-11-15-24(16-12-19)31-26(21-8-3-2-4-9-21)29-30-27(31)33-18-25(32)28-23-14-13-20-7-5-6-10-22(20)17-23/h2-17H,18H2,1H3,(H,28,32). The van der Waals surface area contributed by atoms with E-state index in [9.17, 15) is 4.79 Å². The minimum Gasteiger partial charge on any atom is -0.325 e. The molecule has 6 heteroatoms. The van der Waals surface area contributed by atoms with Gasteiger partial charge in [0.2, 0.25) is 5.91 Å². The van der Waals surface area contributed by atoms with E-state index in [1.54, 1.807) is 0 Å². The van der Waals surface area contributed by atoms with Gasteiger partial charge in [-0.25, -0.2) is 0 Å². The Bertz CT molecular complexity index is 1410. The number of aromatic nitrogens is 3. The summed E-state index contributed by atoms with van der Waals surface area (Å²) >= 11 is 1.37. The second kappa shape index (κ2) is 9.30. The van der Waals surface area contributed by atoms with Gasteiger partial charge in [0.1, 0.15) is 0 Å². The minimum atomic E-state index is -0.0880. The van der Waals surface area contributed by atoms with Crippen molar-refractivity contribution in [2.24, 2.45) is 0 Å². The maximum atomic E-state index is 12.7. The molecular formula is C27H22N4OS. The number of anilines is 1. The lowest BCUT2D eigenvalue weighted by Gasteiger charge is -2.11. The van der Waals surface area contributed by atoms with Crippen molar-refractivity contribution >= 4 is 34.1 Å². The molecule has 1 aromatic heterocycles. The second-order valence-corrected chi connectivity index (χ2v) is 8.68. The van der Waals surface area contributed by atoms with Gasteiger partial charge in [0.05, 0.1) is 5.75 Å². The van der Waals surface area contributed by atoms with Gasteiger partial charge >= 0.3 is 0 Å². The Kier molecular flexibility index (Phi) is 5.91. The molecule has 0 bridgehead atoms. The first kappa shape index (κ1) is 21.0. The third-order valence-corrected chi connectivity index (χ3v) is 6.25. The van der Waals surface area contributed by atoms with Crippen LogP contribution >= 0.6 is 11.8 Å². The lowest BCUT2D eigenvalue weighted by atomic mass is 10.1. The van der Waals surface area contributed by atoms with Crippen molar-refractivity contribution < 1.29 is 4.79 Å². The third kappa shape index (κ3) is 4.66. The van der Waals surface area contributed by atoms with Crippen LogP contribution in [-0.4, -0.2) is 26.4 Å². The first-order valence-corrected chi connectivity index (χ1v) is 11.7. The number of hydrogen-bond acceptors (Lipinski definition) is 4. The molecule has 1 heterocycles. The molecule has 1 N–H and O–H groups in total. The lowest BCUT2D eigenvalue weighted by Crippen LogP contribution is -2.14. The van der Waals surface area contributed by atoms with Gasteiger partial charge in [-0.05, 0) is 42.0 Å². The van der Waals surface area contributed by atoms with Crippen molar-refractivity contribution in [3.05, 3.63) is 103 Å². The summed E-state index contributed by atoms with van der Waals surface area (Å²) < 4.78 is 2.00. The summed E-state index contributed by atoms with van der Waals surface area (Å²) in [6.07, 6.45) is 0. The molecule has 0 atom stereocenters. The van der Waals surface area contributed by atoms with E-state index in [2.05, 4.69) is 40.6 Å². The van der Waals surface area contributed by atoms with Gasteiger partial charge in [-0.1, -0.05) is 90.1 Å². The van der Waals surface area contributed by atoms with E-state index >= 15 is 0 Å². The molecule has 162 valence electrons. The number of carbonyl (C=O) groups is 1. The van der Waals surface area contributed by atoms with Crippen LogP contribution in [0.4, 0.5) is 5.69 Å². The zero-order valence-electron chi connectivity index (χ0n) is 18.1. The van der Waals surface area contributed by atoms with E-state index < -0.39 is 0 Å². The topological polar surface area (TPSA) is 59.8 Å². The average Bonchev–Trinajstić information content (AvgIpc) is 3.28. The molecular weight excluding hydrogens is 428 g/mol. The van der Waals surface area contributed by atoms with Crippen molar-refractivity contribution in [3.63, 3.8) is 0 Å². The van der Waals surface area contributed by atoms with E-state index in [0.717, 1.165) is 33.5 Å². The molecule has 0 saturated heterocycles. The summed E-state index contributed by atoms with van der Waals surface area (Å²) in [5.74, 6) is 0.887. The number of fused-ring (bicyclic) bond motifs is 1. The molecule has 5 rings (SSSR count). The van der Waals surface area contributed by atoms with Crippen LogP contribution in [0.2, 0.25) is 0 Å². The van der Waals surface area contributed by atoms with E-state index in [4.69, 9.17) is 0 Å². The fourth-order valence-corrected chi connectivity index (χ4v) is 4.41. The van der Waals surface area contributed by atoms with Crippen LogP contribution in [0.1, 0.15) is 5.56 Å². The molecule has 0 spiro atoms. The van der Waals surface area contributed by atoms with Crippen molar-refractivity contribution in [2.75, 3.05) is 11.1 Å². The molecule has 5 nitrogen and oxygen atoms in total. The molecule has 0 aliphatic carbocycles. The maximum Gasteiger partial charge on any atom is 0.234 e. The molecule has 0 unspecified atom stereocenters. The number of nitrogens with zero attached hydrogens (tertiary/aromatic N) is 3. The summed E-state index contributed by atoms with van der Waals surface area (Å²) in [6.45, 7) is 2.06. The number of nitrogens with one attached hydrogen (secondary N) is 1. The highest BCUT2D eigenvalue weighted by Crippen LogP contribution is 2.28. The Morgan fingerprint density at radius 1 is 0.848 bits per heavy atom. The highest BCUT2D eigenvalue weighted by atomic mass is 32.2. The monoisotopic (exact) mass is 450 g/mol. The van der Waals surface area contributed by atoms with Crippen molar-refractivity contribution in [3.8, 4) is 17.1 Å². The van der Waals surface area contributed by atoms with E-state index in [-0.39, 0.29) is 11.7 Å². The summed E-state index contributed by atoms with van der Waals surface area (Å²) in [5.41, 5.74) is 3.89. The number of aryl methyl sites for hydroxylation is 1. The number of hydrogen-bond donors (Lipinski definition) is 1. The number of amides is 1. The number of thioether (sulfide) groups is 1. The summed E-state index contributed by atoms with van der Waals surface area (Å²) in [4.78, 5) is 12.7. The highest BCUT2D eigenvalue weighted by Gasteiger charge is 2.17. The molecule has 4 aromatic carbocycles. The van der Waals surface area contributed by atoms with Crippen molar-refractivity contribution in [1.82, 2.24) is 14.8 Å². The number of rotatable bonds is 6. The van der Waals surface area contributed by atoms with E-state index in [0.29, 0.717) is 5.16 Å². The fourth-order valence-electron chi connectivity index (χ4n) is 3.66. The van der Waals surface area contributed by atoms with Crippen LogP contribution in [-0.2, 0) is 4.79 Å². The predicted molar refractivity (Wildman–Crippen MR) is 135 cm³/mol. The van der Waals surface area contributed by atoms with Crippen LogP contribution in [0.5, 0.6) is 0 Å². The number of benzene rings is 4. The van der Waals surface area contributed by atoms with Gasteiger partial charge in [0.25, 0.3) is 0 Å². The van der Waals surface area contributed by atoms with Gasteiger partial charge in [-0.3, -0.25) is 9.36 Å². The maximum absolute atomic E-state index is 12.7. The predicted octanol–water partition coefficient (Wildman–Crippen LogP) is 6.13. The molecule has 0 radical (unpaired) electrons. The molecule has 0 aliphatic rings. The molecule has 0 aliphatic heterocycles. The van der Waals surface area contributed by atoms with Crippen LogP contribution in [0.25, 0.3) is 27.8 Å². The fraction of sp³-hybridized carbons (Fsp3) is 0.0741. The van der Waals surface area contributed by atoms with Gasteiger partial charge in [0.15, 0.2) is 11.0 Å². The van der Waals surface area contributed by atoms with Crippen molar-refractivity contribution in [1.29, 1.82) is 0 Å². The van der Waals surface area contributed by atoms with Crippen LogP contribution in [0, 0.1) is 6.92 Å². The van der Waals surface area contributed by atoms with Gasteiger partial charge in [0, 0.05) is 16.9 Å². The Hall–Kier alpha value is -3.90. The summed E-state index contributed by atoms with van der Waals surface area (Å²) in [6, 6.07) is 32.2. The van der Waals surface area contributed by atoms with Gasteiger partial charge in [-0.2, -0.15) is 0 Å². The Balaban J connectivity index is 1.38. The Morgan fingerprint density at radius 3 is 2.36 bits per heavy atom. The first-order chi connectivity index (χ1) is 16.2. The smallest absolute Gasteiger partial charge is 0.234 e. The van der Waals surface area contributed by atoms with Crippen LogP contribution < -0.4 is 5.32 Å². The largest absolute Gasteiger partial charge is 0.325 e. The molecule has 33 heavy (non-hydrogen) atoms. The zero-order valence-corrected chi connectivity index (χ0v) is 18.9. The number of carbonyl (C=O) groups excluding carboxylic acids is 1. The van der Waals surface area contributed by atoms with Gasteiger partial charge < -0.3 is 5.32 Å². The summed E-state index contributed by atoms with van der Waals surface area (Å²) in [7, 11) is 0. The normalized spacial score (nSPS) is 10.9. The van der Waals surface area contributed by atoms with Crippen molar-refractivity contribution in [2.45, 2.75) is 12.1 Å². The van der Waals surface area contributed by atoms with Crippen LogP contribution in [0.3, 0.4) is 0 Å². The van der Waals surface area contributed by atoms with E-state index in [1.165, 1.54) is 17.3 Å². The third-order valence-electron chi connectivity index (χ3n) is 5.32. The molecule has 0 saturated carbocycles. The first-order valence-electron chi connectivity index (χ1n) is 10.7. The molecule has 5 aromatic rings. The zero-order chi connectivity index (χ0) is 22.6. The second-order valence-electron chi connectivity index (χ2n) is 7.74. The van der Waals surface area contributed by atoms with Crippen LogP contribution in [0.15, 0.2) is 102 Å². The average molecular weight is 451 g/mol. The van der Waals surface area contributed by atoms with E-state index in [1.807, 2.05) is 83.4 Å². The molecule has 0 fully saturated rings. The highest BCUT2D eigenvalue weighted by molar-refractivity contribution is 7.99. The van der Waals surface area contributed by atoms with Gasteiger partial charge in [-0.15, -0.1) is 10.2 Å². The minimum absolute atomic E-state index is 0.0880. The Morgan fingerprint density at radius 2 is 1.58 bits per heavy atom. The quantitative estimate of drug-likeness (QED) is 0.316. The Labute approximate surface area is 196 Å². The molecule has 1 amide bonds. The lowest BCUT2D eigenvalue weighted by molar-refractivity contribution is -0.113. The summed E-state index contributed by atoms with van der Waals surface area (Å²) in [5, 5.41) is 14.7.